The largest absolute Gasteiger partial charge is 0.493 e. The van der Waals surface area contributed by atoms with Crippen molar-refractivity contribution < 1.29 is 14.2 Å². The minimum absolute atomic E-state index is 0.216. The lowest BCUT2D eigenvalue weighted by Crippen LogP contribution is -2.48. The van der Waals surface area contributed by atoms with Crippen molar-refractivity contribution in [3.05, 3.63) is 11.9 Å². The number of nitrogens with two attached hydrogens (primary N) is 1. The molecular formula is C14H25N3O3. The summed E-state index contributed by atoms with van der Waals surface area (Å²) in [5.41, 5.74) is 7.03. The topological polar surface area (TPSA) is 71.5 Å². The summed E-state index contributed by atoms with van der Waals surface area (Å²) in [6.07, 6.45) is 3.27. The Balaban J connectivity index is 2.40. The third-order valence-electron chi connectivity index (χ3n) is 4.11. The molecule has 0 aromatic carbocycles. The van der Waals surface area contributed by atoms with Gasteiger partial charge in [0.2, 0.25) is 0 Å². The molecule has 2 N–H and O–H groups in total. The van der Waals surface area contributed by atoms with E-state index in [4.69, 9.17) is 19.9 Å². The molecule has 6 heteroatoms. The van der Waals surface area contributed by atoms with Crippen molar-refractivity contribution in [2.24, 2.45) is 5.73 Å². The van der Waals surface area contributed by atoms with Gasteiger partial charge in [0.05, 0.1) is 24.9 Å². The third-order valence-corrected chi connectivity index (χ3v) is 4.11. The molecule has 0 bridgehead atoms. The second-order valence-corrected chi connectivity index (χ2v) is 5.50. The van der Waals surface area contributed by atoms with E-state index in [1.54, 1.807) is 20.4 Å². The molecule has 1 atom stereocenters. The van der Waals surface area contributed by atoms with E-state index in [9.17, 15) is 0 Å². The van der Waals surface area contributed by atoms with E-state index in [1.165, 1.54) is 0 Å². The average molecular weight is 283 g/mol. The Morgan fingerprint density at radius 3 is 2.50 bits per heavy atom. The van der Waals surface area contributed by atoms with E-state index in [0.717, 1.165) is 18.5 Å². The Hall–Kier alpha value is -1.11. The van der Waals surface area contributed by atoms with Crippen molar-refractivity contribution in [3.63, 3.8) is 0 Å². The van der Waals surface area contributed by atoms with E-state index in [2.05, 4.69) is 18.9 Å². The molecule has 2 rings (SSSR count). The molecule has 0 aliphatic carbocycles. The Morgan fingerprint density at radius 1 is 1.35 bits per heavy atom. The summed E-state index contributed by atoms with van der Waals surface area (Å²) >= 11 is 0. The van der Waals surface area contributed by atoms with Crippen molar-refractivity contribution in [3.8, 4) is 5.75 Å². The first-order valence-electron chi connectivity index (χ1n) is 7.05. The molecule has 0 amide bonds. The van der Waals surface area contributed by atoms with Gasteiger partial charge in [0, 0.05) is 39.2 Å². The number of hydrogen-bond donors (Lipinski definition) is 1. The summed E-state index contributed by atoms with van der Waals surface area (Å²) in [6, 6.07) is -0.0788. The van der Waals surface area contributed by atoms with Gasteiger partial charge in [-0.2, -0.15) is 5.10 Å². The number of hydrogen-bond acceptors (Lipinski definition) is 5. The van der Waals surface area contributed by atoms with Crippen LogP contribution in [-0.4, -0.2) is 42.8 Å². The molecular weight excluding hydrogens is 258 g/mol. The number of aromatic nitrogens is 2. The quantitative estimate of drug-likeness (QED) is 0.890. The van der Waals surface area contributed by atoms with Crippen LogP contribution < -0.4 is 10.5 Å². The maximum Gasteiger partial charge on any atom is 0.161 e. The number of ether oxygens (including phenoxy) is 3. The maximum absolute atomic E-state index is 6.55. The van der Waals surface area contributed by atoms with Gasteiger partial charge in [-0.05, 0) is 13.8 Å². The number of methoxy groups -OCH3 is 2. The standard InChI is InChI=1S/C14H25N3O3/c1-10(2)17-12(11(18-3)9-16-17)13(15)14(19-4)5-7-20-8-6-14/h9-10,13H,5-8,15H2,1-4H3. The molecule has 2 heterocycles. The Kier molecular flexibility index (Phi) is 4.67. The molecule has 0 radical (unpaired) electrons. The Morgan fingerprint density at radius 2 is 2.00 bits per heavy atom. The van der Waals surface area contributed by atoms with Gasteiger partial charge in [-0.25, -0.2) is 0 Å². The molecule has 0 spiro atoms. The van der Waals surface area contributed by atoms with Crippen LogP contribution >= 0.6 is 0 Å². The van der Waals surface area contributed by atoms with Gasteiger partial charge in [-0.1, -0.05) is 0 Å². The number of nitrogens with zero attached hydrogens (tertiary/aromatic N) is 2. The molecule has 1 unspecified atom stereocenters. The van der Waals surface area contributed by atoms with Crippen LogP contribution in [0.3, 0.4) is 0 Å². The zero-order valence-electron chi connectivity index (χ0n) is 12.8. The molecule has 1 aliphatic rings. The first-order chi connectivity index (χ1) is 9.55. The Bertz CT molecular complexity index is 439. The van der Waals surface area contributed by atoms with Crippen molar-refractivity contribution in [1.29, 1.82) is 0 Å². The van der Waals surface area contributed by atoms with Crippen LogP contribution in [0, 0.1) is 0 Å². The highest BCUT2D eigenvalue weighted by molar-refractivity contribution is 5.31. The fourth-order valence-electron chi connectivity index (χ4n) is 2.83. The van der Waals surface area contributed by atoms with Gasteiger partial charge in [0.25, 0.3) is 0 Å². The normalized spacial score (nSPS) is 20.1. The summed E-state index contributed by atoms with van der Waals surface area (Å²) in [4.78, 5) is 0. The van der Waals surface area contributed by atoms with Gasteiger partial charge >= 0.3 is 0 Å². The summed E-state index contributed by atoms with van der Waals surface area (Å²) in [6.45, 7) is 5.48. The monoisotopic (exact) mass is 283 g/mol. The molecule has 0 saturated carbocycles. The fraction of sp³-hybridized carbons (Fsp3) is 0.786. The third kappa shape index (κ3) is 2.55. The molecule has 114 valence electrons. The Labute approximate surface area is 120 Å². The zero-order chi connectivity index (χ0) is 14.8. The smallest absolute Gasteiger partial charge is 0.161 e. The molecule has 1 aromatic rings. The van der Waals surface area contributed by atoms with Crippen LogP contribution in [0.4, 0.5) is 0 Å². The van der Waals surface area contributed by atoms with E-state index in [1.807, 2.05) is 4.68 Å². The fourth-order valence-corrected chi connectivity index (χ4v) is 2.83. The highest BCUT2D eigenvalue weighted by atomic mass is 16.5. The molecule has 1 fully saturated rings. The lowest BCUT2D eigenvalue weighted by atomic mass is 9.84. The predicted molar refractivity (Wildman–Crippen MR) is 75.9 cm³/mol. The van der Waals surface area contributed by atoms with Crippen molar-refractivity contribution in [2.75, 3.05) is 27.4 Å². The first kappa shape index (κ1) is 15.3. The van der Waals surface area contributed by atoms with Crippen LogP contribution in [0.2, 0.25) is 0 Å². The highest BCUT2D eigenvalue weighted by Gasteiger charge is 2.42. The van der Waals surface area contributed by atoms with Crippen LogP contribution in [0.15, 0.2) is 6.20 Å². The average Bonchev–Trinajstić information content (AvgIpc) is 2.91. The number of rotatable bonds is 5. The van der Waals surface area contributed by atoms with Crippen molar-refractivity contribution >= 4 is 0 Å². The van der Waals surface area contributed by atoms with Crippen LogP contribution in [-0.2, 0) is 9.47 Å². The van der Waals surface area contributed by atoms with Crippen LogP contribution in [0.1, 0.15) is 44.5 Å². The molecule has 1 saturated heterocycles. The molecule has 1 aliphatic heterocycles. The van der Waals surface area contributed by atoms with Gasteiger partial charge < -0.3 is 19.9 Å². The molecule has 1 aromatic heterocycles. The summed E-state index contributed by atoms with van der Waals surface area (Å²) in [5.74, 6) is 0.717. The molecule has 6 nitrogen and oxygen atoms in total. The lowest BCUT2D eigenvalue weighted by Gasteiger charge is -2.40. The van der Waals surface area contributed by atoms with Crippen molar-refractivity contribution in [1.82, 2.24) is 9.78 Å². The van der Waals surface area contributed by atoms with Gasteiger partial charge in [0.1, 0.15) is 5.69 Å². The van der Waals surface area contributed by atoms with E-state index in [0.29, 0.717) is 19.0 Å². The highest BCUT2D eigenvalue weighted by Crippen LogP contribution is 2.39. The summed E-state index contributed by atoms with van der Waals surface area (Å²) in [7, 11) is 3.36. The van der Waals surface area contributed by atoms with Gasteiger partial charge in [-0.15, -0.1) is 0 Å². The first-order valence-corrected chi connectivity index (χ1v) is 7.05. The van der Waals surface area contributed by atoms with Gasteiger partial charge in [-0.3, -0.25) is 4.68 Å². The van der Waals surface area contributed by atoms with Crippen LogP contribution in [0.5, 0.6) is 5.75 Å². The SMILES string of the molecule is COc1cnn(C(C)C)c1C(N)C1(OC)CCOCC1. The minimum Gasteiger partial charge on any atom is -0.493 e. The van der Waals surface area contributed by atoms with Crippen LogP contribution in [0.25, 0.3) is 0 Å². The van der Waals surface area contributed by atoms with Gasteiger partial charge in [0.15, 0.2) is 5.75 Å². The molecule has 20 heavy (non-hydrogen) atoms. The maximum atomic E-state index is 6.55. The van der Waals surface area contributed by atoms with Crippen molar-refractivity contribution in [2.45, 2.75) is 44.4 Å². The van der Waals surface area contributed by atoms with E-state index < -0.39 is 5.60 Å². The summed E-state index contributed by atoms with van der Waals surface area (Å²) < 4.78 is 18.6. The summed E-state index contributed by atoms with van der Waals surface area (Å²) in [5, 5.41) is 4.39. The second kappa shape index (κ2) is 6.11. The lowest BCUT2D eigenvalue weighted by molar-refractivity contribution is -0.106. The zero-order valence-corrected chi connectivity index (χ0v) is 12.8. The minimum atomic E-state index is -0.418. The van der Waals surface area contributed by atoms with E-state index in [-0.39, 0.29) is 12.1 Å². The van der Waals surface area contributed by atoms with E-state index >= 15 is 0 Å². The second-order valence-electron chi connectivity index (χ2n) is 5.50. The predicted octanol–water partition coefficient (Wildman–Crippen LogP) is 1.67.